The van der Waals surface area contributed by atoms with Crippen LogP contribution in [0.15, 0.2) is 0 Å². The van der Waals surface area contributed by atoms with Crippen molar-refractivity contribution in [2.75, 3.05) is 4.43 Å². The molecule has 0 radical (unpaired) electrons. The lowest BCUT2D eigenvalue weighted by Gasteiger charge is -1.94. The highest BCUT2D eigenvalue weighted by molar-refractivity contribution is 14.2. The van der Waals surface area contributed by atoms with Gasteiger partial charge in [-0.1, -0.05) is 4.51 Å². The van der Waals surface area contributed by atoms with Crippen molar-refractivity contribution in [2.45, 2.75) is 6.04 Å². The van der Waals surface area contributed by atoms with Gasteiger partial charge in [-0.2, -0.15) is 0 Å². The second kappa shape index (κ2) is 4.39. The number of hydrogen-bond donors (Lipinski definition) is 2. The van der Waals surface area contributed by atoms with Crippen LogP contribution >= 0.6 is 20.7 Å². The van der Waals surface area contributed by atoms with Crippen molar-refractivity contribution in [3.8, 4) is 0 Å². The van der Waals surface area contributed by atoms with Gasteiger partial charge in [0.25, 0.3) is 0 Å². The van der Waals surface area contributed by atoms with E-state index in [1.807, 2.05) is 0 Å². The summed E-state index contributed by atoms with van der Waals surface area (Å²) in [5.41, 5.74) is 5.33. The Morgan fingerprint density at radius 3 is 2.71 bits per heavy atom. The minimum atomic E-state index is -0.0229. The highest BCUT2D eigenvalue weighted by Crippen LogP contribution is 1.90. The zero-order valence-corrected chi connectivity index (χ0v) is 6.18. The van der Waals surface area contributed by atoms with Crippen molar-refractivity contribution >= 4 is 31.5 Å². The first kappa shape index (κ1) is 7.23. The molecule has 1 atom stereocenters. The van der Waals surface area contributed by atoms with Gasteiger partial charge in [-0.25, -0.2) is 0 Å². The number of nitrogens with two attached hydrogens (primary N) is 1. The summed E-state index contributed by atoms with van der Waals surface area (Å²) >= 11 is 0.0345. The number of rotatable bonds is 3. The Kier molecular flexibility index (Phi) is 4.53. The first-order valence-corrected chi connectivity index (χ1v) is 4.95. The lowest BCUT2D eigenvalue weighted by molar-refractivity contribution is 1.02. The van der Waals surface area contributed by atoms with Gasteiger partial charge in [0.2, 0.25) is 0 Å². The molecule has 0 aromatic carbocycles. The van der Waals surface area contributed by atoms with Gasteiger partial charge in [0.15, 0.2) is 0 Å². The summed E-state index contributed by atoms with van der Waals surface area (Å²) in [5.74, 6) is 0. The van der Waals surface area contributed by atoms with Gasteiger partial charge in [0, 0.05) is 16.7 Å². The molecule has 0 spiro atoms. The highest BCUT2D eigenvalue weighted by Gasteiger charge is 1.88. The third-order valence-electron chi connectivity index (χ3n) is 0.501. The molecule has 0 aliphatic heterocycles. The molecule has 7 heavy (non-hydrogen) atoms. The Hall–Kier alpha value is 0.230. The number of alkyl halides is 1. The average molecular weight is 212 g/mol. The molecule has 0 aromatic rings. The molecule has 0 bridgehead atoms. The zero-order chi connectivity index (χ0) is 5.70. The molecule has 2 nitrogen and oxygen atoms in total. The van der Waals surface area contributed by atoms with E-state index in [2.05, 4.69) is 4.51 Å². The third-order valence-corrected chi connectivity index (χ3v) is 2.14. The molecule has 0 amide bonds. The second-order valence-electron chi connectivity index (χ2n) is 1.17. The van der Waals surface area contributed by atoms with Gasteiger partial charge in [0.1, 0.15) is 0 Å². The molecular formula is C4H9IN2. The van der Waals surface area contributed by atoms with Crippen LogP contribution in [-0.2, 0) is 0 Å². The molecule has 0 aliphatic carbocycles. The largest absolute Gasteiger partial charge is 0.323 e. The summed E-state index contributed by atoms with van der Waals surface area (Å²) in [6.45, 7) is 0. The van der Waals surface area contributed by atoms with Crippen LogP contribution < -0.4 is 5.73 Å². The van der Waals surface area contributed by atoms with Crippen LogP contribution in [0.3, 0.4) is 0 Å². The van der Waals surface area contributed by atoms with Crippen molar-refractivity contribution in [2.24, 2.45) is 5.73 Å². The van der Waals surface area contributed by atoms with Gasteiger partial charge in [-0.05, 0) is 0 Å². The first-order valence-electron chi connectivity index (χ1n) is 1.90. The molecule has 3 N–H and O–H groups in total. The average Bonchev–Trinajstić information content (AvgIpc) is 1.68. The van der Waals surface area contributed by atoms with E-state index in [1.165, 1.54) is 6.21 Å². The maximum atomic E-state index is 6.65. The molecule has 0 fully saturated rings. The Balaban J connectivity index is 3.15. The van der Waals surface area contributed by atoms with Gasteiger partial charge in [-0.15, -0.1) is 20.7 Å². The molecule has 0 heterocycles. The van der Waals surface area contributed by atoms with Crippen LogP contribution in [0.1, 0.15) is 0 Å². The highest BCUT2D eigenvalue weighted by atomic mass is 127. The fourth-order valence-electron chi connectivity index (χ4n) is 0.171. The summed E-state index contributed by atoms with van der Waals surface area (Å²) in [5, 5.41) is 6.65. The maximum absolute atomic E-state index is 6.65. The van der Waals surface area contributed by atoms with Crippen LogP contribution in [-0.4, -0.2) is 21.2 Å². The van der Waals surface area contributed by atoms with Crippen molar-refractivity contribution in [3.05, 3.63) is 0 Å². The Labute approximate surface area is 53.4 Å². The lowest BCUT2D eigenvalue weighted by Crippen LogP contribution is -2.22. The molecule has 0 rings (SSSR count). The Morgan fingerprint density at radius 1 is 2.00 bits per heavy atom. The third kappa shape index (κ3) is 4.08. The fourth-order valence-corrected chi connectivity index (χ4v) is 1.14. The first-order chi connectivity index (χ1) is 3.31. The van der Waals surface area contributed by atoms with E-state index in [4.69, 9.17) is 11.1 Å². The van der Waals surface area contributed by atoms with E-state index < -0.39 is 0 Å². The van der Waals surface area contributed by atoms with Gasteiger partial charge >= 0.3 is 0 Å². The van der Waals surface area contributed by atoms with E-state index in [1.54, 1.807) is 0 Å². The van der Waals surface area contributed by atoms with Crippen LogP contribution in [0.25, 0.3) is 0 Å². The van der Waals surface area contributed by atoms with Crippen molar-refractivity contribution in [1.82, 2.24) is 0 Å². The summed E-state index contributed by atoms with van der Waals surface area (Å²) < 4.78 is 4.63. The molecule has 3 heteroatoms. The van der Waals surface area contributed by atoms with Crippen molar-refractivity contribution in [1.29, 1.82) is 5.41 Å². The maximum Gasteiger partial charge on any atom is 0.0479 e. The molecule has 0 saturated carbocycles. The molecule has 0 aromatic heterocycles. The molecule has 0 saturated heterocycles. The normalized spacial score (nSPS) is 13.3. The van der Waals surface area contributed by atoms with Crippen molar-refractivity contribution in [3.63, 3.8) is 0 Å². The Bertz CT molecular complexity index is 72.1. The molecule has 0 aliphatic rings. The minimum absolute atomic E-state index is 0.0229. The molecular weight excluding hydrogens is 203 g/mol. The fraction of sp³-hybridized carbons (Fsp3) is 0.500. The van der Waals surface area contributed by atoms with Gasteiger partial charge < -0.3 is 11.1 Å². The topological polar surface area (TPSA) is 49.9 Å². The number of hydrogen-bond acceptors (Lipinski definition) is 2. The molecule has 0 unspecified atom stereocenters. The summed E-state index contributed by atoms with van der Waals surface area (Å²) in [7, 11) is 0. The smallest absolute Gasteiger partial charge is 0.0479 e. The van der Waals surface area contributed by atoms with Gasteiger partial charge in [0.05, 0.1) is 0 Å². The second-order valence-corrected chi connectivity index (χ2v) is 3.13. The number of halogens is 1. The SMILES string of the molecule is C=IC[C@@H](N)C=N. The summed E-state index contributed by atoms with van der Waals surface area (Å²) in [4.78, 5) is 0. The quantitative estimate of drug-likeness (QED) is 0.396. The van der Waals surface area contributed by atoms with Crippen molar-refractivity contribution < 1.29 is 0 Å². The Morgan fingerprint density at radius 2 is 2.57 bits per heavy atom. The van der Waals surface area contributed by atoms with Crippen LogP contribution in [0.4, 0.5) is 0 Å². The van der Waals surface area contributed by atoms with Crippen LogP contribution in [0.5, 0.6) is 0 Å². The van der Waals surface area contributed by atoms with Crippen LogP contribution in [0, 0.1) is 5.41 Å². The van der Waals surface area contributed by atoms with Gasteiger partial charge in [-0.3, -0.25) is 0 Å². The number of nitrogens with one attached hydrogen (secondary N) is 1. The van der Waals surface area contributed by atoms with E-state index in [9.17, 15) is 0 Å². The monoisotopic (exact) mass is 212 g/mol. The summed E-state index contributed by atoms with van der Waals surface area (Å²) in [6, 6.07) is -0.0229. The predicted molar refractivity (Wildman–Crippen MR) is 42.8 cm³/mol. The van der Waals surface area contributed by atoms with Crippen LogP contribution in [0.2, 0.25) is 0 Å². The predicted octanol–water partition coefficient (Wildman–Crippen LogP) is 0.366. The lowest BCUT2D eigenvalue weighted by atomic mass is 10.4. The molecule has 42 valence electrons. The zero-order valence-electron chi connectivity index (χ0n) is 4.02. The summed E-state index contributed by atoms with van der Waals surface area (Å²) in [6.07, 6.45) is 1.27. The minimum Gasteiger partial charge on any atom is -0.323 e. The van der Waals surface area contributed by atoms with E-state index in [0.717, 1.165) is 4.43 Å². The van der Waals surface area contributed by atoms with E-state index in [-0.39, 0.29) is 26.8 Å². The standard InChI is InChI=1S/C4H9IN2/c1-5-2-4(7)3-6/h3-4,6H,1-2,7H2/t4-/m1/s1. The van der Waals surface area contributed by atoms with E-state index >= 15 is 0 Å². The van der Waals surface area contributed by atoms with E-state index in [0.29, 0.717) is 0 Å².